The highest BCUT2D eigenvalue weighted by atomic mass is 15.3. The van der Waals surface area contributed by atoms with Crippen LogP contribution in [0.5, 0.6) is 0 Å². The summed E-state index contributed by atoms with van der Waals surface area (Å²) in [5.74, 6) is 0. The number of hydrogen-bond donors (Lipinski definition) is 1. The van der Waals surface area contributed by atoms with Crippen LogP contribution in [0, 0.1) is 6.92 Å². The van der Waals surface area contributed by atoms with Gasteiger partial charge >= 0.3 is 0 Å². The van der Waals surface area contributed by atoms with Crippen molar-refractivity contribution in [3.05, 3.63) is 17.0 Å². The second kappa shape index (κ2) is 3.09. The number of aryl methyl sites for hydroxylation is 1. The average molecular weight is 191 g/mol. The molecule has 0 aromatic carbocycles. The lowest BCUT2D eigenvalue weighted by Gasteiger charge is -2.28. The van der Waals surface area contributed by atoms with Crippen LogP contribution in [-0.4, -0.2) is 16.3 Å². The first-order chi connectivity index (χ1) is 6.86. The van der Waals surface area contributed by atoms with Gasteiger partial charge in [0.2, 0.25) is 0 Å². The van der Waals surface area contributed by atoms with Crippen molar-refractivity contribution < 1.29 is 0 Å². The van der Waals surface area contributed by atoms with Crippen LogP contribution in [0.15, 0.2) is 0 Å². The summed E-state index contributed by atoms with van der Waals surface area (Å²) in [5, 5.41) is 8.13. The summed E-state index contributed by atoms with van der Waals surface area (Å²) < 4.78 is 2.29. The van der Waals surface area contributed by atoms with Gasteiger partial charge in [-0.2, -0.15) is 5.10 Å². The Hall–Kier alpha value is -0.830. The Balaban J connectivity index is 2.02. The molecule has 0 spiro atoms. The molecule has 3 heteroatoms. The van der Waals surface area contributed by atoms with Crippen molar-refractivity contribution in [2.24, 2.45) is 0 Å². The Kier molecular flexibility index (Phi) is 1.87. The minimum absolute atomic E-state index is 0.706. The van der Waals surface area contributed by atoms with Crippen molar-refractivity contribution in [2.75, 3.05) is 6.54 Å². The Morgan fingerprint density at radius 3 is 3.00 bits per heavy atom. The van der Waals surface area contributed by atoms with E-state index in [1.807, 2.05) is 0 Å². The molecule has 0 amide bonds. The maximum Gasteiger partial charge on any atom is 0.0629 e. The van der Waals surface area contributed by atoms with Gasteiger partial charge in [0.1, 0.15) is 0 Å². The van der Waals surface area contributed by atoms with Gasteiger partial charge in [0, 0.05) is 6.54 Å². The number of nitrogens with one attached hydrogen (secondary N) is 1. The Labute approximate surface area is 84.5 Å². The van der Waals surface area contributed by atoms with Gasteiger partial charge in [-0.3, -0.25) is 4.68 Å². The summed E-state index contributed by atoms with van der Waals surface area (Å²) in [6, 6.07) is 0.706. The van der Waals surface area contributed by atoms with Gasteiger partial charge in [0.15, 0.2) is 0 Å². The lowest BCUT2D eigenvalue weighted by atomic mass is 9.93. The van der Waals surface area contributed by atoms with Crippen molar-refractivity contribution >= 4 is 0 Å². The van der Waals surface area contributed by atoms with Crippen molar-refractivity contribution in [2.45, 2.75) is 45.2 Å². The molecule has 0 atom stereocenters. The summed E-state index contributed by atoms with van der Waals surface area (Å²) in [6.45, 7) is 4.29. The maximum atomic E-state index is 4.69. The summed E-state index contributed by atoms with van der Waals surface area (Å²) in [5.41, 5.74) is 4.22. The molecule has 1 saturated carbocycles. The van der Waals surface area contributed by atoms with Gasteiger partial charge in [0.25, 0.3) is 0 Å². The third kappa shape index (κ3) is 1.12. The highest BCUT2D eigenvalue weighted by molar-refractivity contribution is 5.28. The molecule has 1 aromatic heterocycles. The fraction of sp³-hybridized carbons (Fsp3) is 0.727. The molecule has 1 aliphatic carbocycles. The van der Waals surface area contributed by atoms with Crippen LogP contribution in [0.3, 0.4) is 0 Å². The summed E-state index contributed by atoms with van der Waals surface area (Å²) in [4.78, 5) is 0. The average Bonchev–Trinajstić information content (AvgIpc) is 2.43. The zero-order valence-electron chi connectivity index (χ0n) is 8.71. The molecule has 0 saturated heterocycles. The first kappa shape index (κ1) is 8.48. The molecule has 3 nitrogen and oxygen atoms in total. The highest BCUT2D eigenvalue weighted by Crippen LogP contribution is 2.34. The van der Waals surface area contributed by atoms with E-state index in [1.165, 1.54) is 36.2 Å². The Bertz CT molecular complexity index is 350. The van der Waals surface area contributed by atoms with E-state index < -0.39 is 0 Å². The molecule has 1 N–H and O–H groups in total. The van der Waals surface area contributed by atoms with Gasteiger partial charge < -0.3 is 5.32 Å². The molecule has 2 heterocycles. The van der Waals surface area contributed by atoms with Gasteiger partial charge in [-0.1, -0.05) is 0 Å². The molecule has 76 valence electrons. The van der Waals surface area contributed by atoms with Crippen molar-refractivity contribution in [1.82, 2.24) is 15.1 Å². The fourth-order valence-corrected chi connectivity index (χ4v) is 2.50. The largest absolute Gasteiger partial charge is 0.311 e. The van der Waals surface area contributed by atoms with E-state index in [0.717, 1.165) is 19.5 Å². The molecule has 1 aliphatic heterocycles. The second-order valence-corrected chi connectivity index (χ2v) is 4.47. The van der Waals surface area contributed by atoms with E-state index in [0.29, 0.717) is 6.04 Å². The topological polar surface area (TPSA) is 29.9 Å². The van der Waals surface area contributed by atoms with Crippen molar-refractivity contribution in [1.29, 1.82) is 0 Å². The number of fused-ring (bicyclic) bond motifs is 1. The summed E-state index contributed by atoms with van der Waals surface area (Å²) >= 11 is 0. The second-order valence-electron chi connectivity index (χ2n) is 4.47. The van der Waals surface area contributed by atoms with Crippen molar-refractivity contribution in [3.63, 3.8) is 0 Å². The first-order valence-corrected chi connectivity index (χ1v) is 5.64. The minimum atomic E-state index is 0.706. The molecule has 0 unspecified atom stereocenters. The zero-order valence-corrected chi connectivity index (χ0v) is 8.71. The smallest absolute Gasteiger partial charge is 0.0629 e. The van der Waals surface area contributed by atoms with Gasteiger partial charge in [-0.05, 0) is 44.7 Å². The fourth-order valence-electron chi connectivity index (χ4n) is 2.50. The quantitative estimate of drug-likeness (QED) is 0.730. The van der Waals surface area contributed by atoms with Crippen molar-refractivity contribution in [3.8, 4) is 0 Å². The van der Waals surface area contributed by atoms with E-state index in [9.17, 15) is 0 Å². The lowest BCUT2D eigenvalue weighted by Crippen LogP contribution is -2.28. The van der Waals surface area contributed by atoms with Gasteiger partial charge in [-0.15, -0.1) is 0 Å². The summed E-state index contributed by atoms with van der Waals surface area (Å²) in [7, 11) is 0. The standard InChI is InChI=1S/C11H17N3/c1-8-10-5-6-12-7-11(10)14(13-8)9-3-2-4-9/h9,12H,2-7H2,1H3. The van der Waals surface area contributed by atoms with E-state index in [2.05, 4.69) is 16.9 Å². The molecule has 2 aliphatic rings. The van der Waals surface area contributed by atoms with Crippen LogP contribution >= 0.6 is 0 Å². The molecule has 14 heavy (non-hydrogen) atoms. The molecular formula is C11H17N3. The SMILES string of the molecule is Cc1nn(C2CCC2)c2c1CCNC2. The third-order valence-corrected chi connectivity index (χ3v) is 3.58. The van der Waals surface area contributed by atoms with Gasteiger partial charge in [0.05, 0.1) is 17.4 Å². The molecule has 0 radical (unpaired) electrons. The van der Waals surface area contributed by atoms with Crippen LogP contribution in [-0.2, 0) is 13.0 Å². The lowest BCUT2D eigenvalue weighted by molar-refractivity contribution is 0.279. The highest BCUT2D eigenvalue weighted by Gasteiger charge is 2.26. The van der Waals surface area contributed by atoms with Crippen LogP contribution < -0.4 is 5.32 Å². The normalized spacial score (nSPS) is 21.8. The number of rotatable bonds is 1. The monoisotopic (exact) mass is 191 g/mol. The Morgan fingerprint density at radius 1 is 1.43 bits per heavy atom. The first-order valence-electron chi connectivity index (χ1n) is 5.64. The van der Waals surface area contributed by atoms with Crippen LogP contribution in [0.25, 0.3) is 0 Å². The minimum Gasteiger partial charge on any atom is -0.311 e. The molecular weight excluding hydrogens is 174 g/mol. The van der Waals surface area contributed by atoms with Gasteiger partial charge in [-0.25, -0.2) is 0 Å². The zero-order chi connectivity index (χ0) is 9.54. The maximum absolute atomic E-state index is 4.69. The third-order valence-electron chi connectivity index (χ3n) is 3.58. The van der Waals surface area contributed by atoms with Crippen LogP contribution in [0.4, 0.5) is 0 Å². The molecule has 3 rings (SSSR count). The number of nitrogens with zero attached hydrogens (tertiary/aromatic N) is 2. The summed E-state index contributed by atoms with van der Waals surface area (Å²) in [6.07, 6.45) is 5.20. The van der Waals surface area contributed by atoms with E-state index in [1.54, 1.807) is 0 Å². The Morgan fingerprint density at radius 2 is 2.29 bits per heavy atom. The molecule has 0 bridgehead atoms. The predicted molar refractivity (Wildman–Crippen MR) is 55.3 cm³/mol. The van der Waals surface area contributed by atoms with E-state index in [-0.39, 0.29) is 0 Å². The predicted octanol–water partition coefficient (Wildman–Crippen LogP) is 1.56. The number of hydrogen-bond acceptors (Lipinski definition) is 2. The number of aromatic nitrogens is 2. The van der Waals surface area contributed by atoms with E-state index >= 15 is 0 Å². The van der Waals surface area contributed by atoms with E-state index in [4.69, 9.17) is 5.10 Å². The van der Waals surface area contributed by atoms with Crippen LogP contribution in [0.2, 0.25) is 0 Å². The van der Waals surface area contributed by atoms with Crippen LogP contribution in [0.1, 0.15) is 42.3 Å². The molecule has 1 aromatic rings. The molecule has 1 fully saturated rings.